The Morgan fingerprint density at radius 3 is 2.89 bits per heavy atom. The summed E-state index contributed by atoms with van der Waals surface area (Å²) in [6, 6.07) is 13.7. The lowest BCUT2D eigenvalue weighted by Gasteiger charge is -2.30. The normalized spacial score (nSPS) is 18.1. The fraction of sp³-hybridized carbons (Fsp3) is 0.375. The Kier molecular flexibility index (Phi) is 6.20. The number of sulfonamides is 1. The fourth-order valence-electron chi connectivity index (χ4n) is 4.34. The third kappa shape index (κ3) is 4.73. The van der Waals surface area contributed by atoms with Gasteiger partial charge in [0.15, 0.2) is 6.61 Å². The number of para-hydroxylation sites is 1. The smallest absolute Gasteiger partial charge is 0.261 e. The molecule has 2 atom stereocenters. The highest BCUT2D eigenvalue weighted by molar-refractivity contribution is 7.89. The van der Waals surface area contributed by atoms with Crippen LogP contribution in [0.2, 0.25) is 0 Å². The number of amides is 1. The van der Waals surface area contributed by atoms with E-state index in [4.69, 9.17) is 9.25 Å². The first kappa shape index (κ1) is 23.3. The molecule has 0 bridgehead atoms. The van der Waals surface area contributed by atoms with Gasteiger partial charge in [-0.05, 0) is 61.2 Å². The molecule has 3 heterocycles. The zero-order valence-electron chi connectivity index (χ0n) is 19.5. The second-order valence-corrected chi connectivity index (χ2v) is 10.9. The van der Waals surface area contributed by atoms with E-state index in [0.29, 0.717) is 35.8 Å². The predicted molar refractivity (Wildman–Crippen MR) is 129 cm³/mol. The molecule has 4 aromatic rings. The predicted octanol–water partition coefficient (Wildman–Crippen LogP) is 2.90. The molecule has 0 saturated carbocycles. The van der Waals surface area contributed by atoms with Crippen molar-refractivity contribution in [3.63, 3.8) is 0 Å². The van der Waals surface area contributed by atoms with Gasteiger partial charge in [-0.2, -0.15) is 4.31 Å². The van der Waals surface area contributed by atoms with E-state index < -0.39 is 10.0 Å². The molecule has 35 heavy (non-hydrogen) atoms. The fourth-order valence-corrected chi connectivity index (χ4v) is 5.96. The summed E-state index contributed by atoms with van der Waals surface area (Å²) < 4.78 is 33.6. The topological polar surface area (TPSA) is 120 Å². The summed E-state index contributed by atoms with van der Waals surface area (Å²) in [4.78, 5) is 19.3. The maximum absolute atomic E-state index is 13.2. The second-order valence-electron chi connectivity index (χ2n) is 8.97. The lowest BCUT2D eigenvalue weighted by atomic mass is 10.0. The van der Waals surface area contributed by atoms with Gasteiger partial charge in [0.2, 0.25) is 10.0 Å². The summed E-state index contributed by atoms with van der Waals surface area (Å²) in [6.07, 6.45) is 1.86. The van der Waals surface area contributed by atoms with Crippen molar-refractivity contribution in [3.05, 3.63) is 54.3 Å². The van der Waals surface area contributed by atoms with Gasteiger partial charge in [0.25, 0.3) is 5.91 Å². The van der Waals surface area contributed by atoms with E-state index in [1.165, 1.54) is 16.4 Å². The van der Waals surface area contributed by atoms with E-state index >= 15 is 0 Å². The Morgan fingerprint density at radius 2 is 2.09 bits per heavy atom. The van der Waals surface area contributed by atoms with Gasteiger partial charge in [-0.3, -0.25) is 4.79 Å². The molecule has 2 aromatic carbocycles. The van der Waals surface area contributed by atoms with Crippen LogP contribution >= 0.6 is 0 Å². The molecule has 1 N–H and O–H groups in total. The Hall–Kier alpha value is -3.44. The maximum Gasteiger partial charge on any atom is 0.261 e. The molecule has 0 radical (unpaired) electrons. The third-order valence-electron chi connectivity index (χ3n) is 6.21. The lowest BCUT2D eigenvalue weighted by Crippen LogP contribution is -2.39. The number of rotatable bonds is 7. The molecule has 5 rings (SSSR count). The van der Waals surface area contributed by atoms with Gasteiger partial charge in [-0.25, -0.2) is 8.42 Å². The highest BCUT2D eigenvalue weighted by atomic mass is 32.2. The van der Waals surface area contributed by atoms with Crippen LogP contribution in [0.1, 0.15) is 38.5 Å². The highest BCUT2D eigenvalue weighted by Gasteiger charge is 2.29. The van der Waals surface area contributed by atoms with Gasteiger partial charge >= 0.3 is 0 Å². The molecule has 11 heteroatoms. The summed E-state index contributed by atoms with van der Waals surface area (Å²) >= 11 is 0. The summed E-state index contributed by atoms with van der Waals surface area (Å²) in [7, 11) is -3.65. The number of hydrogen-bond acceptors (Lipinski definition) is 7. The number of hydrogen-bond donors (Lipinski definition) is 1. The molecule has 1 amide bonds. The monoisotopic (exact) mass is 497 g/mol. The number of carbonyl (C=O) groups is 1. The summed E-state index contributed by atoms with van der Waals surface area (Å²) in [5.74, 6) is 0.568. The molecular weight excluding hydrogens is 470 g/mol. The molecule has 10 nitrogen and oxygen atoms in total. The van der Waals surface area contributed by atoms with Crippen LogP contribution in [-0.4, -0.2) is 53.5 Å². The largest absolute Gasteiger partial charge is 0.459 e. The molecule has 0 spiro atoms. The van der Waals surface area contributed by atoms with Gasteiger partial charge in [0.05, 0.1) is 10.9 Å². The number of piperidine rings is 1. The van der Waals surface area contributed by atoms with Crippen LogP contribution in [0.5, 0.6) is 0 Å². The van der Waals surface area contributed by atoms with E-state index in [1.807, 2.05) is 37.3 Å². The minimum atomic E-state index is -3.65. The first-order valence-corrected chi connectivity index (χ1v) is 13.0. The van der Waals surface area contributed by atoms with Crippen molar-refractivity contribution < 1.29 is 22.5 Å². The van der Waals surface area contributed by atoms with Gasteiger partial charge < -0.3 is 14.6 Å². The molecule has 0 aliphatic carbocycles. The van der Waals surface area contributed by atoms with E-state index in [1.54, 1.807) is 6.07 Å². The van der Waals surface area contributed by atoms with Gasteiger partial charge in [0.1, 0.15) is 22.4 Å². The molecule has 2 aromatic heterocycles. The molecule has 1 aliphatic rings. The molecule has 1 fully saturated rings. The molecular formula is C24H27N5O5S. The Balaban J connectivity index is 1.27. The van der Waals surface area contributed by atoms with Crippen molar-refractivity contribution in [2.24, 2.45) is 5.92 Å². The first-order valence-electron chi connectivity index (χ1n) is 11.6. The van der Waals surface area contributed by atoms with Crippen molar-refractivity contribution in [3.8, 4) is 0 Å². The van der Waals surface area contributed by atoms with Crippen LogP contribution in [-0.2, 0) is 14.8 Å². The van der Waals surface area contributed by atoms with Gasteiger partial charge in [0, 0.05) is 18.5 Å². The number of carbonyl (C=O) groups excluding carboxylic acids is 1. The average molecular weight is 498 g/mol. The van der Waals surface area contributed by atoms with Crippen molar-refractivity contribution in [2.75, 3.05) is 19.7 Å². The van der Waals surface area contributed by atoms with Crippen LogP contribution in [0.25, 0.3) is 22.0 Å². The molecule has 2 unspecified atom stereocenters. The number of benzene rings is 2. The van der Waals surface area contributed by atoms with Crippen molar-refractivity contribution in [1.82, 2.24) is 24.8 Å². The van der Waals surface area contributed by atoms with E-state index in [-0.39, 0.29) is 23.5 Å². The van der Waals surface area contributed by atoms with Crippen LogP contribution in [0.3, 0.4) is 0 Å². The summed E-state index contributed by atoms with van der Waals surface area (Å²) in [5, 5.41) is 11.7. The minimum absolute atomic E-state index is 0.147. The van der Waals surface area contributed by atoms with Crippen LogP contribution in [0.15, 0.2) is 57.8 Å². The first-order chi connectivity index (χ1) is 16.8. The number of aromatic nitrogens is 3. The molecule has 184 valence electrons. The maximum atomic E-state index is 13.2. The number of fused-ring (bicyclic) bond motifs is 2. The third-order valence-corrected chi connectivity index (χ3v) is 8.07. The SMILES string of the molecule is CC1CCCN(S(=O)(=O)c2ccc3nnn(OCC(=O)NC(C)c4cc5ccccc5o4)c3c2)C1. The Labute approximate surface area is 202 Å². The standard InChI is InChI=1S/C24H27N5O5S/c1-16-6-5-11-28(14-16)35(31,32)19-9-10-20-21(13-19)29(27-26-20)33-15-24(30)25-17(2)23-12-18-7-3-4-8-22(18)34-23/h3-4,7-10,12-13,16-17H,5-6,11,14-15H2,1-2H3,(H,25,30). The molecule has 1 aliphatic heterocycles. The zero-order valence-corrected chi connectivity index (χ0v) is 20.4. The van der Waals surface area contributed by atoms with E-state index in [2.05, 4.69) is 22.6 Å². The summed E-state index contributed by atoms with van der Waals surface area (Å²) in [6.45, 7) is 4.54. The zero-order chi connectivity index (χ0) is 24.6. The quantitative estimate of drug-likeness (QED) is 0.417. The minimum Gasteiger partial charge on any atom is -0.459 e. The van der Waals surface area contributed by atoms with E-state index in [0.717, 1.165) is 28.7 Å². The average Bonchev–Trinajstić information content (AvgIpc) is 3.46. The van der Waals surface area contributed by atoms with Crippen LogP contribution < -0.4 is 10.2 Å². The second kappa shape index (κ2) is 9.31. The van der Waals surface area contributed by atoms with Crippen LogP contribution in [0.4, 0.5) is 0 Å². The van der Waals surface area contributed by atoms with E-state index in [9.17, 15) is 13.2 Å². The van der Waals surface area contributed by atoms with Crippen molar-refractivity contribution >= 4 is 37.9 Å². The Bertz CT molecular complexity index is 1450. The Morgan fingerprint density at radius 1 is 1.26 bits per heavy atom. The number of nitrogens with zero attached hydrogens (tertiary/aromatic N) is 4. The lowest BCUT2D eigenvalue weighted by molar-refractivity contribution is -0.127. The van der Waals surface area contributed by atoms with Crippen molar-refractivity contribution in [2.45, 2.75) is 37.6 Å². The summed E-state index contributed by atoms with van der Waals surface area (Å²) in [5.41, 5.74) is 1.58. The van der Waals surface area contributed by atoms with Gasteiger partial charge in [-0.1, -0.05) is 30.0 Å². The van der Waals surface area contributed by atoms with Crippen LogP contribution in [0, 0.1) is 5.92 Å². The molecule has 1 saturated heterocycles. The number of nitrogens with one attached hydrogen (secondary N) is 1. The highest BCUT2D eigenvalue weighted by Crippen LogP contribution is 2.26. The van der Waals surface area contributed by atoms with Gasteiger partial charge in [-0.15, -0.1) is 5.10 Å². The number of furan rings is 1. The van der Waals surface area contributed by atoms with Crippen molar-refractivity contribution in [1.29, 1.82) is 0 Å².